The van der Waals surface area contributed by atoms with Crippen LogP contribution in [0.2, 0.25) is 0 Å². The highest BCUT2D eigenvalue weighted by Gasteiger charge is 2.15. The number of aryl methyl sites for hydroxylation is 1. The summed E-state index contributed by atoms with van der Waals surface area (Å²) in [6.07, 6.45) is -0.0663. The number of esters is 1. The molecule has 0 aliphatic carbocycles. The lowest BCUT2D eigenvalue weighted by Gasteiger charge is -2.11. The Bertz CT molecular complexity index is 1040. The smallest absolute Gasteiger partial charge is 0.387 e. The molecule has 1 aromatic heterocycles. The number of carbonyl (C=O) groups excluding carboxylic acids is 2. The molecule has 31 heavy (non-hydrogen) atoms. The van der Waals surface area contributed by atoms with Gasteiger partial charge in [0.15, 0.2) is 6.61 Å². The van der Waals surface area contributed by atoms with Crippen molar-refractivity contribution in [2.24, 2.45) is 0 Å². The average Bonchev–Trinajstić information content (AvgIpc) is 3.21. The zero-order valence-electron chi connectivity index (χ0n) is 15.9. The van der Waals surface area contributed by atoms with Gasteiger partial charge < -0.3 is 19.3 Å². The molecule has 0 fully saturated rings. The summed E-state index contributed by atoms with van der Waals surface area (Å²) >= 11 is 0. The topological polar surface area (TPSA) is 104 Å². The van der Waals surface area contributed by atoms with Crippen molar-refractivity contribution in [2.45, 2.75) is 19.5 Å². The molecule has 162 valence electrons. The second kappa shape index (κ2) is 10.2. The van der Waals surface area contributed by atoms with Gasteiger partial charge in [0.1, 0.15) is 11.6 Å². The van der Waals surface area contributed by atoms with Crippen LogP contribution in [-0.4, -0.2) is 35.2 Å². The van der Waals surface area contributed by atoms with E-state index in [-0.39, 0.29) is 36.0 Å². The van der Waals surface area contributed by atoms with Gasteiger partial charge in [-0.25, -0.2) is 4.39 Å². The lowest BCUT2D eigenvalue weighted by atomic mass is 10.2. The summed E-state index contributed by atoms with van der Waals surface area (Å²) in [6.45, 7) is -3.67. The number of para-hydroxylation sites is 2. The van der Waals surface area contributed by atoms with Gasteiger partial charge in [0.25, 0.3) is 5.91 Å². The van der Waals surface area contributed by atoms with E-state index in [1.807, 2.05) is 0 Å². The summed E-state index contributed by atoms with van der Waals surface area (Å²) in [5, 5.41) is 6.08. The fourth-order valence-electron chi connectivity index (χ4n) is 2.45. The maximum Gasteiger partial charge on any atom is 0.387 e. The number of carbonyl (C=O) groups is 2. The lowest BCUT2D eigenvalue weighted by molar-refractivity contribution is -0.147. The maximum absolute atomic E-state index is 13.0. The number of ether oxygens (including phenoxy) is 2. The monoisotopic (exact) mass is 435 g/mol. The molecule has 0 unspecified atom stereocenters. The van der Waals surface area contributed by atoms with Crippen molar-refractivity contribution in [3.8, 4) is 17.1 Å². The number of hydrogen-bond donors (Lipinski definition) is 1. The highest BCUT2D eigenvalue weighted by Crippen LogP contribution is 2.25. The number of alkyl halides is 2. The summed E-state index contributed by atoms with van der Waals surface area (Å²) in [7, 11) is 0. The van der Waals surface area contributed by atoms with Gasteiger partial charge in [0, 0.05) is 12.0 Å². The van der Waals surface area contributed by atoms with Gasteiger partial charge in [-0.05, 0) is 36.4 Å². The molecule has 0 atom stereocenters. The van der Waals surface area contributed by atoms with Gasteiger partial charge in [0.05, 0.1) is 12.1 Å². The molecule has 1 N–H and O–H groups in total. The summed E-state index contributed by atoms with van der Waals surface area (Å²) in [4.78, 5) is 27.9. The standard InChI is InChI=1S/C20H16F3N3O5/c21-13-7-5-12(6-8-13)19-25-17(31-26-19)9-10-18(28)29-11-16(27)24-14-3-1-2-4-15(14)30-20(22)23/h1-8,20H,9-11H2,(H,24,27). The molecule has 0 saturated carbocycles. The molecule has 0 bridgehead atoms. The molecule has 8 nitrogen and oxygen atoms in total. The van der Waals surface area contributed by atoms with Gasteiger partial charge >= 0.3 is 12.6 Å². The van der Waals surface area contributed by atoms with E-state index in [2.05, 4.69) is 20.2 Å². The number of nitrogens with one attached hydrogen (secondary N) is 1. The van der Waals surface area contributed by atoms with E-state index in [0.717, 1.165) is 0 Å². The average molecular weight is 435 g/mol. The van der Waals surface area contributed by atoms with Crippen molar-refractivity contribution in [1.82, 2.24) is 10.1 Å². The first kappa shape index (κ1) is 21.8. The summed E-state index contributed by atoms with van der Waals surface area (Å²) in [6, 6.07) is 11.1. The van der Waals surface area contributed by atoms with E-state index in [1.165, 1.54) is 48.5 Å². The Balaban J connectivity index is 1.44. The van der Waals surface area contributed by atoms with Crippen molar-refractivity contribution in [1.29, 1.82) is 0 Å². The second-order valence-electron chi connectivity index (χ2n) is 6.10. The minimum absolute atomic E-state index is 0.0167. The number of nitrogens with zero attached hydrogens (tertiary/aromatic N) is 2. The molecule has 1 heterocycles. The third-order valence-corrected chi connectivity index (χ3v) is 3.85. The number of halogens is 3. The van der Waals surface area contributed by atoms with Crippen molar-refractivity contribution in [3.05, 3.63) is 60.2 Å². The molecule has 0 aliphatic rings. The quantitative estimate of drug-likeness (QED) is 0.512. The molecule has 3 rings (SSSR count). The van der Waals surface area contributed by atoms with Gasteiger partial charge in [-0.2, -0.15) is 13.8 Å². The highest BCUT2D eigenvalue weighted by atomic mass is 19.3. The van der Waals surface area contributed by atoms with E-state index in [9.17, 15) is 22.8 Å². The number of aromatic nitrogens is 2. The van der Waals surface area contributed by atoms with Crippen LogP contribution in [0.3, 0.4) is 0 Å². The van der Waals surface area contributed by atoms with E-state index in [0.29, 0.717) is 5.56 Å². The first-order valence-corrected chi connectivity index (χ1v) is 8.98. The third kappa shape index (κ3) is 6.56. The van der Waals surface area contributed by atoms with E-state index in [4.69, 9.17) is 9.26 Å². The van der Waals surface area contributed by atoms with Crippen molar-refractivity contribution >= 4 is 17.6 Å². The van der Waals surface area contributed by atoms with Gasteiger partial charge in [-0.1, -0.05) is 17.3 Å². The molecule has 2 aromatic carbocycles. The number of benzene rings is 2. The summed E-state index contributed by atoms with van der Waals surface area (Å²) in [5.74, 6) is -1.63. The van der Waals surface area contributed by atoms with E-state index in [1.54, 1.807) is 0 Å². The summed E-state index contributed by atoms with van der Waals surface area (Å²) in [5.41, 5.74) is 0.565. The molecule has 3 aromatic rings. The first-order chi connectivity index (χ1) is 14.9. The molecule has 1 amide bonds. The SMILES string of the molecule is O=C(COC(=O)CCc1nc(-c2ccc(F)cc2)no1)Nc1ccccc1OC(F)F. The number of hydrogen-bond acceptors (Lipinski definition) is 7. The minimum atomic E-state index is -3.05. The van der Waals surface area contributed by atoms with Crippen LogP contribution in [0.5, 0.6) is 5.75 Å². The van der Waals surface area contributed by atoms with Crippen LogP contribution in [0.25, 0.3) is 11.4 Å². The number of rotatable bonds is 9. The van der Waals surface area contributed by atoms with Crippen LogP contribution < -0.4 is 10.1 Å². The minimum Gasteiger partial charge on any atom is -0.456 e. The molecule has 11 heteroatoms. The predicted molar refractivity (Wildman–Crippen MR) is 101 cm³/mol. The zero-order valence-corrected chi connectivity index (χ0v) is 15.9. The zero-order chi connectivity index (χ0) is 22.2. The molecule has 0 saturated heterocycles. The molecule has 0 spiro atoms. The maximum atomic E-state index is 13.0. The fourth-order valence-corrected chi connectivity index (χ4v) is 2.45. The Hall–Kier alpha value is -3.89. The Labute approximate surface area is 174 Å². The van der Waals surface area contributed by atoms with E-state index < -0.39 is 30.9 Å². The van der Waals surface area contributed by atoms with E-state index >= 15 is 0 Å². The first-order valence-electron chi connectivity index (χ1n) is 8.98. The number of amides is 1. The molecular weight excluding hydrogens is 419 g/mol. The van der Waals surface area contributed by atoms with Gasteiger partial charge in [-0.15, -0.1) is 0 Å². The summed E-state index contributed by atoms with van der Waals surface area (Å²) < 4.78 is 51.9. The Kier molecular flexibility index (Phi) is 7.20. The predicted octanol–water partition coefficient (Wildman–Crippen LogP) is 3.59. The lowest BCUT2D eigenvalue weighted by Crippen LogP contribution is -2.21. The van der Waals surface area contributed by atoms with Crippen molar-refractivity contribution in [2.75, 3.05) is 11.9 Å². The van der Waals surface area contributed by atoms with Crippen LogP contribution in [0.1, 0.15) is 12.3 Å². The highest BCUT2D eigenvalue weighted by molar-refractivity contribution is 5.94. The van der Waals surface area contributed by atoms with Crippen LogP contribution in [0.4, 0.5) is 18.9 Å². The van der Waals surface area contributed by atoms with Crippen LogP contribution in [0, 0.1) is 5.82 Å². The Morgan fingerprint density at radius 3 is 2.58 bits per heavy atom. The van der Waals surface area contributed by atoms with Crippen LogP contribution >= 0.6 is 0 Å². The third-order valence-electron chi connectivity index (χ3n) is 3.85. The number of anilines is 1. The van der Waals surface area contributed by atoms with Gasteiger partial charge in [0.2, 0.25) is 11.7 Å². The molecule has 0 aliphatic heterocycles. The van der Waals surface area contributed by atoms with Crippen molar-refractivity contribution < 1.29 is 36.8 Å². The fraction of sp³-hybridized carbons (Fsp3) is 0.200. The Morgan fingerprint density at radius 1 is 1.10 bits per heavy atom. The molecular formula is C20H16F3N3O5. The second-order valence-corrected chi connectivity index (χ2v) is 6.10. The molecule has 0 radical (unpaired) electrons. The van der Waals surface area contributed by atoms with Crippen molar-refractivity contribution in [3.63, 3.8) is 0 Å². The van der Waals surface area contributed by atoms with Gasteiger partial charge in [-0.3, -0.25) is 9.59 Å². The van der Waals surface area contributed by atoms with Crippen LogP contribution in [0.15, 0.2) is 53.1 Å². The largest absolute Gasteiger partial charge is 0.456 e. The normalized spacial score (nSPS) is 10.7. The van der Waals surface area contributed by atoms with Crippen LogP contribution in [-0.2, 0) is 20.7 Å². The Morgan fingerprint density at radius 2 is 1.84 bits per heavy atom.